The van der Waals surface area contributed by atoms with E-state index in [0.717, 1.165) is 30.5 Å². The molecule has 0 saturated heterocycles. The SMILES string of the molecule is Brc1ccc(Br)nc1.CC(=O)C#Cc1ccc(C#N)nc1.Cc1cc(-c2ccc(C#N)nc2)n[nH]1.N#Cc1ccc(Br)cn1. The number of hydrogen-bond donors (Lipinski definition) is 1. The molecule has 1 N–H and O–H groups in total. The van der Waals surface area contributed by atoms with Gasteiger partial charge in [0.25, 0.3) is 0 Å². The van der Waals surface area contributed by atoms with Gasteiger partial charge in [-0.25, -0.2) is 19.9 Å². The van der Waals surface area contributed by atoms with E-state index in [4.69, 9.17) is 15.8 Å². The Balaban J connectivity index is 0.000000210. The summed E-state index contributed by atoms with van der Waals surface area (Å²) in [5.74, 6) is 4.82. The Hall–Kier alpha value is -5.05. The molecule has 44 heavy (non-hydrogen) atoms. The number of nitrogens with zero attached hydrogens (tertiary/aromatic N) is 8. The van der Waals surface area contributed by atoms with E-state index in [2.05, 4.69) is 89.8 Å². The first-order valence-corrected chi connectivity index (χ1v) is 14.6. The number of carbonyl (C=O) groups excluding carboxylic acids is 1. The summed E-state index contributed by atoms with van der Waals surface area (Å²) in [6.07, 6.45) is 6.45. The zero-order valence-corrected chi connectivity index (χ0v) is 27.9. The molecule has 0 radical (unpaired) electrons. The number of nitriles is 3. The molecule has 0 aliphatic heterocycles. The summed E-state index contributed by atoms with van der Waals surface area (Å²) in [5, 5.41) is 32.3. The summed E-state index contributed by atoms with van der Waals surface area (Å²) in [6.45, 7) is 3.33. The number of aromatic nitrogens is 6. The van der Waals surface area contributed by atoms with E-state index in [1.165, 1.54) is 13.1 Å². The lowest BCUT2D eigenvalue weighted by Crippen LogP contribution is -1.85. The highest BCUT2D eigenvalue weighted by Crippen LogP contribution is 2.16. The van der Waals surface area contributed by atoms with E-state index < -0.39 is 0 Å². The van der Waals surface area contributed by atoms with Gasteiger partial charge in [0, 0.05) is 57.5 Å². The first-order chi connectivity index (χ1) is 21.1. The van der Waals surface area contributed by atoms with Crippen LogP contribution in [0.1, 0.15) is 35.3 Å². The van der Waals surface area contributed by atoms with Crippen molar-refractivity contribution < 1.29 is 4.79 Å². The van der Waals surface area contributed by atoms with Gasteiger partial charge in [-0.3, -0.25) is 9.89 Å². The van der Waals surface area contributed by atoms with Gasteiger partial charge in [-0.1, -0.05) is 5.92 Å². The third kappa shape index (κ3) is 13.7. The lowest BCUT2D eigenvalue weighted by atomic mass is 10.2. The number of H-pyrrole nitrogens is 1. The maximum absolute atomic E-state index is 10.5. The van der Waals surface area contributed by atoms with Crippen LogP contribution < -0.4 is 0 Å². The Morgan fingerprint density at radius 2 is 1.27 bits per heavy atom. The van der Waals surface area contributed by atoms with Crippen molar-refractivity contribution in [2.24, 2.45) is 0 Å². The van der Waals surface area contributed by atoms with E-state index in [-0.39, 0.29) is 5.78 Å². The number of carbonyl (C=O) groups is 1. The third-order valence-electron chi connectivity index (χ3n) is 4.67. The van der Waals surface area contributed by atoms with Crippen molar-refractivity contribution in [2.45, 2.75) is 13.8 Å². The number of pyridine rings is 4. The molecule has 10 nitrogen and oxygen atoms in total. The summed E-state index contributed by atoms with van der Waals surface area (Å²) in [7, 11) is 0. The Bertz CT molecular complexity index is 1820. The molecule has 0 atom stereocenters. The molecule has 0 spiro atoms. The molecule has 0 saturated carbocycles. The van der Waals surface area contributed by atoms with Gasteiger partial charge in [0.05, 0.1) is 5.69 Å². The van der Waals surface area contributed by atoms with Crippen LogP contribution >= 0.6 is 47.8 Å². The lowest BCUT2D eigenvalue weighted by Gasteiger charge is -1.93. The van der Waals surface area contributed by atoms with Crippen molar-refractivity contribution in [3.63, 3.8) is 0 Å². The van der Waals surface area contributed by atoms with Gasteiger partial charge in [0.2, 0.25) is 5.78 Å². The fourth-order valence-electron chi connectivity index (χ4n) is 2.67. The Morgan fingerprint density at radius 3 is 1.66 bits per heavy atom. The number of ketones is 1. The quantitative estimate of drug-likeness (QED) is 0.141. The molecule has 5 rings (SSSR count). The second-order valence-electron chi connectivity index (χ2n) is 8.10. The van der Waals surface area contributed by atoms with Crippen LogP contribution in [0.25, 0.3) is 11.3 Å². The first-order valence-electron chi connectivity index (χ1n) is 12.2. The van der Waals surface area contributed by atoms with Gasteiger partial charge >= 0.3 is 0 Å². The molecule has 13 heteroatoms. The third-order valence-corrected chi connectivity index (χ3v) is 6.08. The molecule has 0 aromatic carbocycles. The molecule has 5 aromatic heterocycles. The lowest BCUT2D eigenvalue weighted by molar-refractivity contribution is -0.111. The number of rotatable bonds is 1. The molecule has 0 unspecified atom stereocenters. The number of aryl methyl sites for hydroxylation is 1. The summed E-state index contributed by atoms with van der Waals surface area (Å²) in [6, 6.07) is 21.7. The molecular weight excluding hydrogens is 754 g/mol. The van der Waals surface area contributed by atoms with Crippen molar-refractivity contribution in [3.05, 3.63) is 121 Å². The van der Waals surface area contributed by atoms with E-state index >= 15 is 0 Å². The topological polar surface area (TPSA) is 169 Å². The standard InChI is InChI=1S/C10H8N4.C10H6N2O.C6H3BrN2.C5H3Br2N/c1-7-4-10(14-13-7)8-2-3-9(5-11)12-6-8;1-8(13)2-3-9-4-5-10(6-11)12-7-9;7-5-1-2-6(3-8)9-4-5;6-4-1-2-5(7)8-3-4/h2-4,6H,1H3,(H,13,14);4-5,7H,1H3;1-2,4H;1-3H. The highest BCUT2D eigenvalue weighted by Gasteiger charge is 2.01. The molecule has 5 heterocycles. The number of aromatic amines is 1. The van der Waals surface area contributed by atoms with Crippen LogP contribution in [0.3, 0.4) is 0 Å². The number of Topliss-reactive ketones (excluding diaryl/α,β-unsaturated/α-hetero) is 1. The summed E-state index contributed by atoms with van der Waals surface area (Å²) < 4.78 is 2.75. The molecule has 0 fully saturated rings. The Labute approximate surface area is 279 Å². The average molecular weight is 774 g/mol. The van der Waals surface area contributed by atoms with Crippen molar-refractivity contribution in [1.29, 1.82) is 15.8 Å². The second kappa shape index (κ2) is 19.2. The summed E-state index contributed by atoms with van der Waals surface area (Å²) in [5.41, 5.74) is 4.60. The van der Waals surface area contributed by atoms with Crippen LogP contribution in [0, 0.1) is 52.8 Å². The maximum atomic E-state index is 10.5. The van der Waals surface area contributed by atoms with E-state index in [1.54, 1.807) is 48.9 Å². The van der Waals surface area contributed by atoms with Gasteiger partial charge in [-0.2, -0.15) is 20.9 Å². The summed E-state index contributed by atoms with van der Waals surface area (Å²) >= 11 is 9.68. The van der Waals surface area contributed by atoms with Crippen molar-refractivity contribution in [2.75, 3.05) is 0 Å². The Kier molecular flexibility index (Phi) is 15.3. The van der Waals surface area contributed by atoms with Gasteiger partial charge in [0.1, 0.15) is 39.9 Å². The fourth-order valence-corrected chi connectivity index (χ4v) is 3.37. The second-order valence-corrected chi connectivity index (χ2v) is 10.7. The normalized spacial score (nSPS) is 8.86. The zero-order chi connectivity index (χ0) is 32.3. The van der Waals surface area contributed by atoms with Crippen LogP contribution in [0.5, 0.6) is 0 Å². The molecule has 5 aromatic rings. The van der Waals surface area contributed by atoms with Crippen molar-refractivity contribution in [3.8, 4) is 41.3 Å². The van der Waals surface area contributed by atoms with Gasteiger partial charge < -0.3 is 0 Å². The number of halogens is 3. The van der Waals surface area contributed by atoms with E-state index in [0.29, 0.717) is 22.6 Å². The smallest absolute Gasteiger partial charge is 0.202 e. The number of nitrogens with one attached hydrogen (secondary N) is 1. The Morgan fingerprint density at radius 1 is 0.727 bits per heavy atom. The minimum Gasteiger partial charge on any atom is -0.285 e. The van der Waals surface area contributed by atoms with Gasteiger partial charge in [-0.15, -0.1) is 0 Å². The predicted octanol–water partition coefficient (Wildman–Crippen LogP) is 6.87. The predicted molar refractivity (Wildman–Crippen MR) is 174 cm³/mol. The summed E-state index contributed by atoms with van der Waals surface area (Å²) in [4.78, 5) is 26.0. The van der Waals surface area contributed by atoms with Crippen LogP contribution in [0.2, 0.25) is 0 Å². The molecular formula is C31H20Br3N9O. The maximum Gasteiger partial charge on any atom is 0.202 e. The highest BCUT2D eigenvalue weighted by atomic mass is 79.9. The van der Waals surface area contributed by atoms with E-state index in [9.17, 15) is 4.79 Å². The zero-order valence-electron chi connectivity index (χ0n) is 23.1. The highest BCUT2D eigenvalue weighted by molar-refractivity contribution is 9.11. The molecule has 0 bridgehead atoms. The van der Waals surface area contributed by atoms with Crippen LogP contribution in [-0.2, 0) is 4.79 Å². The molecule has 0 aliphatic rings. The fraction of sp³-hybridized carbons (Fsp3) is 0.0645. The van der Waals surface area contributed by atoms with Crippen molar-refractivity contribution in [1.82, 2.24) is 30.1 Å². The van der Waals surface area contributed by atoms with Crippen LogP contribution in [0.4, 0.5) is 0 Å². The van der Waals surface area contributed by atoms with E-state index in [1.807, 2.05) is 49.4 Å². The monoisotopic (exact) mass is 771 g/mol. The van der Waals surface area contributed by atoms with Gasteiger partial charge in [-0.05, 0) is 115 Å². The minimum atomic E-state index is -0.190. The molecule has 0 amide bonds. The minimum absolute atomic E-state index is 0.190. The van der Waals surface area contributed by atoms with Gasteiger partial charge in [0.15, 0.2) is 0 Å². The number of hydrogen-bond acceptors (Lipinski definition) is 9. The molecule has 216 valence electrons. The first kappa shape index (κ1) is 35.1. The van der Waals surface area contributed by atoms with Crippen LogP contribution in [0.15, 0.2) is 92.9 Å². The average Bonchev–Trinajstić information content (AvgIpc) is 3.49. The van der Waals surface area contributed by atoms with Crippen LogP contribution in [-0.4, -0.2) is 35.9 Å². The largest absolute Gasteiger partial charge is 0.285 e. The van der Waals surface area contributed by atoms with Crippen molar-refractivity contribution >= 4 is 53.6 Å². The molecule has 0 aliphatic carbocycles.